The van der Waals surface area contributed by atoms with Gasteiger partial charge in [0.1, 0.15) is 6.33 Å². The van der Waals surface area contributed by atoms with Gasteiger partial charge in [0, 0.05) is 28.4 Å². The molecule has 0 aliphatic heterocycles. The summed E-state index contributed by atoms with van der Waals surface area (Å²) in [4.78, 5) is 13.2. The third-order valence-electron chi connectivity index (χ3n) is 3.58. The van der Waals surface area contributed by atoms with Crippen LogP contribution in [-0.2, 0) is 5.41 Å². The molecule has 0 saturated carbocycles. The molecular formula is C19H17ClN3. The minimum atomic E-state index is -0.00948. The highest BCUT2D eigenvalue weighted by molar-refractivity contribution is 6.33. The van der Waals surface area contributed by atoms with Gasteiger partial charge in [-0.05, 0) is 30.3 Å². The van der Waals surface area contributed by atoms with E-state index in [1.165, 1.54) is 0 Å². The first-order chi connectivity index (χ1) is 10.9. The smallest absolute Gasteiger partial charge is 0.116 e. The van der Waals surface area contributed by atoms with Crippen molar-refractivity contribution in [3.63, 3.8) is 0 Å². The molecule has 3 nitrogen and oxygen atoms in total. The Balaban J connectivity index is 2.06. The average Bonchev–Trinajstić information content (AvgIpc) is 2.55. The van der Waals surface area contributed by atoms with Gasteiger partial charge in [-0.15, -0.1) is 0 Å². The molecule has 0 bridgehead atoms. The first-order valence-corrected chi connectivity index (χ1v) is 7.78. The lowest BCUT2D eigenvalue weighted by atomic mass is 9.90. The summed E-state index contributed by atoms with van der Waals surface area (Å²) in [6, 6.07) is 14.4. The van der Waals surface area contributed by atoms with E-state index in [0.717, 1.165) is 28.2 Å². The van der Waals surface area contributed by atoms with Crippen LogP contribution < -0.4 is 0 Å². The molecule has 0 saturated heterocycles. The van der Waals surface area contributed by atoms with Crippen molar-refractivity contribution in [2.75, 3.05) is 0 Å². The standard InChI is InChI=1S/C19H17ClN3/c1-19(2,3)18-10-13(8-9-21-18)16-11-17(23-12-22-16)14-6-4-5-7-15(14)20/h4,6-12H,1-3H3. The largest absolute Gasteiger partial charge is 0.261 e. The van der Waals surface area contributed by atoms with Gasteiger partial charge in [-0.2, -0.15) is 0 Å². The van der Waals surface area contributed by atoms with Gasteiger partial charge in [-0.25, -0.2) is 9.97 Å². The van der Waals surface area contributed by atoms with Gasteiger partial charge in [0.05, 0.1) is 16.4 Å². The molecule has 1 radical (unpaired) electrons. The summed E-state index contributed by atoms with van der Waals surface area (Å²) in [6.07, 6.45) is 3.39. The second kappa shape index (κ2) is 6.09. The molecule has 2 aromatic heterocycles. The van der Waals surface area contributed by atoms with Crippen molar-refractivity contribution in [1.82, 2.24) is 15.0 Å². The van der Waals surface area contributed by atoms with Crippen LogP contribution in [-0.4, -0.2) is 15.0 Å². The fourth-order valence-electron chi connectivity index (χ4n) is 2.28. The van der Waals surface area contributed by atoms with Gasteiger partial charge in [-0.3, -0.25) is 4.98 Å². The molecular weight excluding hydrogens is 306 g/mol. The molecule has 0 fully saturated rings. The number of pyridine rings is 1. The Kier molecular flexibility index (Phi) is 4.14. The highest BCUT2D eigenvalue weighted by Gasteiger charge is 2.16. The zero-order valence-corrected chi connectivity index (χ0v) is 14.1. The van der Waals surface area contributed by atoms with Gasteiger partial charge < -0.3 is 0 Å². The monoisotopic (exact) mass is 322 g/mol. The summed E-state index contributed by atoms with van der Waals surface area (Å²) in [7, 11) is 0. The lowest BCUT2D eigenvalue weighted by Crippen LogP contribution is -2.13. The normalized spacial score (nSPS) is 11.5. The molecule has 1 aromatic carbocycles. The predicted molar refractivity (Wildman–Crippen MR) is 93.2 cm³/mol. The van der Waals surface area contributed by atoms with Crippen LogP contribution in [0.15, 0.2) is 48.9 Å². The first-order valence-electron chi connectivity index (χ1n) is 7.40. The third kappa shape index (κ3) is 3.40. The average molecular weight is 323 g/mol. The Morgan fingerprint density at radius 3 is 2.52 bits per heavy atom. The highest BCUT2D eigenvalue weighted by atomic mass is 35.5. The maximum absolute atomic E-state index is 6.24. The second-order valence-electron chi connectivity index (χ2n) is 6.37. The van der Waals surface area contributed by atoms with Crippen LogP contribution >= 0.6 is 11.6 Å². The lowest BCUT2D eigenvalue weighted by molar-refractivity contribution is 0.569. The number of benzene rings is 1. The van der Waals surface area contributed by atoms with E-state index in [-0.39, 0.29) is 5.41 Å². The first kappa shape index (κ1) is 15.6. The summed E-state index contributed by atoms with van der Waals surface area (Å²) in [6.45, 7) is 6.43. The zero-order chi connectivity index (χ0) is 16.4. The van der Waals surface area contributed by atoms with E-state index in [4.69, 9.17) is 11.6 Å². The van der Waals surface area contributed by atoms with Gasteiger partial charge in [0.15, 0.2) is 0 Å². The molecule has 0 unspecified atom stereocenters. The Morgan fingerprint density at radius 1 is 1.00 bits per heavy atom. The van der Waals surface area contributed by atoms with Crippen LogP contribution in [0.4, 0.5) is 0 Å². The van der Waals surface area contributed by atoms with Crippen molar-refractivity contribution >= 4 is 11.6 Å². The van der Waals surface area contributed by atoms with Gasteiger partial charge in [0.25, 0.3) is 0 Å². The summed E-state index contributed by atoms with van der Waals surface area (Å²) < 4.78 is 0. The van der Waals surface area contributed by atoms with Crippen molar-refractivity contribution in [3.8, 4) is 22.5 Å². The minimum Gasteiger partial charge on any atom is -0.261 e. The van der Waals surface area contributed by atoms with Crippen molar-refractivity contribution < 1.29 is 0 Å². The number of hydrogen-bond donors (Lipinski definition) is 0. The van der Waals surface area contributed by atoms with Crippen LogP contribution in [0, 0.1) is 6.07 Å². The Hall–Kier alpha value is -2.26. The van der Waals surface area contributed by atoms with Crippen molar-refractivity contribution in [2.45, 2.75) is 26.2 Å². The van der Waals surface area contributed by atoms with Crippen molar-refractivity contribution in [3.05, 3.63) is 65.7 Å². The molecule has 115 valence electrons. The second-order valence-corrected chi connectivity index (χ2v) is 6.78. The minimum absolute atomic E-state index is 0.00948. The topological polar surface area (TPSA) is 38.7 Å². The Morgan fingerprint density at radius 2 is 1.78 bits per heavy atom. The molecule has 0 spiro atoms. The molecule has 23 heavy (non-hydrogen) atoms. The molecule has 0 amide bonds. The van der Waals surface area contributed by atoms with Gasteiger partial charge in [-0.1, -0.05) is 44.5 Å². The molecule has 4 heteroatoms. The fraction of sp³-hybridized carbons (Fsp3) is 0.211. The van der Waals surface area contributed by atoms with Crippen LogP contribution in [0.25, 0.3) is 22.5 Å². The van der Waals surface area contributed by atoms with Gasteiger partial charge in [0.2, 0.25) is 0 Å². The predicted octanol–water partition coefficient (Wildman–Crippen LogP) is 4.96. The number of aromatic nitrogens is 3. The van der Waals surface area contributed by atoms with E-state index in [1.807, 2.05) is 30.5 Å². The zero-order valence-electron chi connectivity index (χ0n) is 13.3. The maximum Gasteiger partial charge on any atom is 0.116 e. The molecule has 3 aromatic rings. The Labute approximate surface area is 141 Å². The van der Waals surface area contributed by atoms with Crippen LogP contribution in [0.3, 0.4) is 0 Å². The van der Waals surface area contributed by atoms with E-state index in [2.05, 4.69) is 47.9 Å². The lowest BCUT2D eigenvalue weighted by Gasteiger charge is -2.18. The molecule has 0 N–H and O–H groups in total. The van der Waals surface area contributed by atoms with Crippen LogP contribution in [0.1, 0.15) is 26.5 Å². The summed E-state index contributed by atoms with van der Waals surface area (Å²) in [5.41, 5.74) is 4.56. The number of rotatable bonds is 2. The molecule has 0 aliphatic rings. The number of nitrogens with zero attached hydrogens (tertiary/aromatic N) is 3. The molecule has 3 rings (SSSR count). The molecule has 0 atom stereocenters. The number of hydrogen-bond acceptors (Lipinski definition) is 3. The van der Waals surface area contributed by atoms with E-state index >= 15 is 0 Å². The SMILES string of the molecule is CC(C)(C)c1cc(-c2cc(-c3cc[c]cc3Cl)ncn2)ccn1. The maximum atomic E-state index is 6.24. The van der Waals surface area contributed by atoms with Gasteiger partial charge >= 0.3 is 0 Å². The van der Waals surface area contributed by atoms with E-state index in [9.17, 15) is 0 Å². The molecule has 2 heterocycles. The number of halogens is 1. The third-order valence-corrected chi connectivity index (χ3v) is 3.89. The highest BCUT2D eigenvalue weighted by Crippen LogP contribution is 2.29. The summed E-state index contributed by atoms with van der Waals surface area (Å²) >= 11 is 6.24. The van der Waals surface area contributed by atoms with E-state index in [0.29, 0.717) is 5.02 Å². The summed E-state index contributed by atoms with van der Waals surface area (Å²) in [5.74, 6) is 0. The van der Waals surface area contributed by atoms with Crippen LogP contribution in [0.5, 0.6) is 0 Å². The Bertz CT molecular complexity index is 838. The summed E-state index contributed by atoms with van der Waals surface area (Å²) in [5, 5.41) is 0.627. The van der Waals surface area contributed by atoms with Crippen LogP contribution in [0.2, 0.25) is 5.02 Å². The quantitative estimate of drug-likeness (QED) is 0.669. The molecule has 0 aliphatic carbocycles. The van der Waals surface area contributed by atoms with Crippen molar-refractivity contribution in [2.24, 2.45) is 0 Å². The van der Waals surface area contributed by atoms with E-state index < -0.39 is 0 Å². The van der Waals surface area contributed by atoms with E-state index in [1.54, 1.807) is 12.4 Å². The van der Waals surface area contributed by atoms with Crippen molar-refractivity contribution in [1.29, 1.82) is 0 Å². The fourth-order valence-corrected chi connectivity index (χ4v) is 2.50.